The van der Waals surface area contributed by atoms with E-state index in [0.29, 0.717) is 0 Å². The van der Waals surface area contributed by atoms with Crippen molar-refractivity contribution in [2.24, 2.45) is 0 Å². The molecule has 1 aromatic carbocycles. The first kappa shape index (κ1) is 8.59. The summed E-state index contributed by atoms with van der Waals surface area (Å²) >= 11 is 2.25. The van der Waals surface area contributed by atoms with Gasteiger partial charge in [0.15, 0.2) is 0 Å². The summed E-state index contributed by atoms with van der Waals surface area (Å²) in [6.07, 6.45) is 1.79. The molecule has 0 radical (unpaired) electrons. The Hall–Kier alpha value is -0.510. The van der Waals surface area contributed by atoms with Crippen molar-refractivity contribution >= 4 is 28.7 Å². The van der Waals surface area contributed by atoms with Crippen molar-refractivity contribution in [3.8, 4) is 5.75 Å². The minimum Gasteiger partial charge on any atom is -0.496 e. The average Bonchev–Trinajstić information content (AvgIpc) is 2.04. The van der Waals surface area contributed by atoms with Gasteiger partial charge >= 0.3 is 0 Å². The third-order valence-corrected chi connectivity index (χ3v) is 2.09. The van der Waals surface area contributed by atoms with Crippen LogP contribution in [0.2, 0.25) is 0 Å². The number of hydrogen-bond donors (Lipinski definition) is 0. The van der Waals surface area contributed by atoms with Crippen LogP contribution in [0.15, 0.2) is 24.8 Å². The van der Waals surface area contributed by atoms with E-state index < -0.39 is 0 Å². The van der Waals surface area contributed by atoms with Gasteiger partial charge in [0.05, 0.1) is 7.11 Å². The van der Waals surface area contributed by atoms with Crippen LogP contribution in [0.25, 0.3) is 6.08 Å². The van der Waals surface area contributed by atoms with Gasteiger partial charge in [-0.3, -0.25) is 0 Å². The molecule has 0 N–H and O–H groups in total. The number of halogens is 1. The summed E-state index contributed by atoms with van der Waals surface area (Å²) in [5.74, 6) is 0.881. The van der Waals surface area contributed by atoms with Crippen LogP contribution in [0.4, 0.5) is 0 Å². The highest BCUT2D eigenvalue weighted by molar-refractivity contribution is 14.1. The second kappa shape index (κ2) is 3.76. The molecule has 0 atom stereocenters. The van der Waals surface area contributed by atoms with E-state index >= 15 is 0 Å². The van der Waals surface area contributed by atoms with Gasteiger partial charge < -0.3 is 4.74 Å². The first-order chi connectivity index (χ1) is 5.27. The van der Waals surface area contributed by atoms with E-state index in [2.05, 4.69) is 29.2 Å². The first-order valence-electron chi connectivity index (χ1n) is 3.24. The van der Waals surface area contributed by atoms with E-state index in [1.165, 1.54) is 3.57 Å². The van der Waals surface area contributed by atoms with Gasteiger partial charge in [0.25, 0.3) is 0 Å². The lowest BCUT2D eigenvalue weighted by atomic mass is 10.2. The van der Waals surface area contributed by atoms with Gasteiger partial charge in [0, 0.05) is 9.13 Å². The predicted molar refractivity (Wildman–Crippen MR) is 55.8 cm³/mol. The Bertz CT molecular complexity index is 268. The lowest BCUT2D eigenvalue weighted by Gasteiger charge is -2.03. The maximum atomic E-state index is 5.14. The topological polar surface area (TPSA) is 9.23 Å². The number of rotatable bonds is 2. The Morgan fingerprint density at radius 2 is 2.27 bits per heavy atom. The molecule has 0 aliphatic rings. The minimum absolute atomic E-state index is 0.881. The number of benzene rings is 1. The molecule has 0 heterocycles. The van der Waals surface area contributed by atoms with Crippen LogP contribution < -0.4 is 4.74 Å². The standard InChI is InChI=1S/C9H9IO/c1-3-7-4-5-8(10)6-9(7)11-2/h3-6H,1H2,2H3. The SMILES string of the molecule is C=Cc1ccc(I)cc1OC. The highest BCUT2D eigenvalue weighted by Gasteiger charge is 1.97. The highest BCUT2D eigenvalue weighted by atomic mass is 127. The second-order valence-corrected chi connectivity index (χ2v) is 3.34. The van der Waals surface area contributed by atoms with Crippen molar-refractivity contribution in [3.63, 3.8) is 0 Å². The molecule has 1 rings (SSSR count). The van der Waals surface area contributed by atoms with Crippen molar-refractivity contribution in [3.05, 3.63) is 33.9 Å². The molecule has 1 aromatic rings. The molecule has 0 bridgehead atoms. The van der Waals surface area contributed by atoms with Crippen molar-refractivity contribution in [1.82, 2.24) is 0 Å². The number of ether oxygens (including phenoxy) is 1. The summed E-state index contributed by atoms with van der Waals surface area (Å²) in [4.78, 5) is 0. The van der Waals surface area contributed by atoms with Crippen LogP contribution in [0.3, 0.4) is 0 Å². The van der Waals surface area contributed by atoms with Crippen LogP contribution in [0, 0.1) is 3.57 Å². The molecule has 58 valence electrons. The summed E-state index contributed by atoms with van der Waals surface area (Å²) in [7, 11) is 1.67. The van der Waals surface area contributed by atoms with Gasteiger partial charge in [0.2, 0.25) is 0 Å². The average molecular weight is 260 g/mol. The van der Waals surface area contributed by atoms with Gasteiger partial charge in [-0.1, -0.05) is 18.7 Å². The largest absolute Gasteiger partial charge is 0.496 e. The zero-order chi connectivity index (χ0) is 8.27. The Morgan fingerprint density at radius 1 is 1.55 bits per heavy atom. The molecule has 0 saturated heterocycles. The molecule has 0 unspecified atom stereocenters. The molecule has 0 aromatic heterocycles. The van der Waals surface area contributed by atoms with Crippen LogP contribution in [0.1, 0.15) is 5.56 Å². The lowest BCUT2D eigenvalue weighted by molar-refractivity contribution is 0.413. The van der Waals surface area contributed by atoms with Crippen molar-refractivity contribution in [2.75, 3.05) is 7.11 Å². The van der Waals surface area contributed by atoms with E-state index in [4.69, 9.17) is 4.74 Å². The smallest absolute Gasteiger partial charge is 0.127 e. The van der Waals surface area contributed by atoms with E-state index in [9.17, 15) is 0 Å². The Kier molecular flexibility index (Phi) is 2.93. The fourth-order valence-electron chi connectivity index (χ4n) is 0.854. The molecule has 0 fully saturated rings. The van der Waals surface area contributed by atoms with Gasteiger partial charge in [0.1, 0.15) is 5.75 Å². The molecule has 2 heteroatoms. The normalized spacial score (nSPS) is 9.27. The predicted octanol–water partition coefficient (Wildman–Crippen LogP) is 2.94. The second-order valence-electron chi connectivity index (χ2n) is 2.09. The third kappa shape index (κ3) is 1.96. The van der Waals surface area contributed by atoms with Gasteiger partial charge in [-0.2, -0.15) is 0 Å². The Balaban J connectivity index is 3.16. The summed E-state index contributed by atoms with van der Waals surface area (Å²) in [5, 5.41) is 0. The quantitative estimate of drug-likeness (QED) is 0.743. The Morgan fingerprint density at radius 3 is 2.82 bits per heavy atom. The summed E-state index contributed by atoms with van der Waals surface area (Å²) in [6, 6.07) is 6.01. The van der Waals surface area contributed by atoms with Gasteiger partial charge in [-0.15, -0.1) is 0 Å². The monoisotopic (exact) mass is 260 g/mol. The van der Waals surface area contributed by atoms with Crippen LogP contribution >= 0.6 is 22.6 Å². The molecule has 0 saturated carbocycles. The van der Waals surface area contributed by atoms with E-state index in [1.54, 1.807) is 13.2 Å². The minimum atomic E-state index is 0.881. The molecule has 0 amide bonds. The van der Waals surface area contributed by atoms with Gasteiger partial charge in [-0.25, -0.2) is 0 Å². The summed E-state index contributed by atoms with van der Waals surface area (Å²) in [6.45, 7) is 3.69. The zero-order valence-electron chi connectivity index (χ0n) is 6.30. The number of hydrogen-bond acceptors (Lipinski definition) is 1. The maximum Gasteiger partial charge on any atom is 0.127 e. The van der Waals surface area contributed by atoms with E-state index in [-0.39, 0.29) is 0 Å². The molecule has 11 heavy (non-hydrogen) atoms. The van der Waals surface area contributed by atoms with Crippen molar-refractivity contribution in [1.29, 1.82) is 0 Å². The summed E-state index contributed by atoms with van der Waals surface area (Å²) in [5.41, 5.74) is 1.04. The van der Waals surface area contributed by atoms with Gasteiger partial charge in [-0.05, 0) is 34.7 Å². The fourth-order valence-corrected chi connectivity index (χ4v) is 1.32. The maximum absolute atomic E-state index is 5.14. The summed E-state index contributed by atoms with van der Waals surface area (Å²) < 4.78 is 6.31. The highest BCUT2D eigenvalue weighted by Crippen LogP contribution is 2.21. The fraction of sp³-hybridized carbons (Fsp3) is 0.111. The van der Waals surface area contributed by atoms with Crippen LogP contribution in [-0.2, 0) is 0 Å². The van der Waals surface area contributed by atoms with Crippen molar-refractivity contribution in [2.45, 2.75) is 0 Å². The van der Waals surface area contributed by atoms with Crippen LogP contribution in [-0.4, -0.2) is 7.11 Å². The first-order valence-corrected chi connectivity index (χ1v) is 4.32. The number of methoxy groups -OCH3 is 1. The molecule has 0 aliphatic carbocycles. The molecular weight excluding hydrogens is 251 g/mol. The molecule has 0 aliphatic heterocycles. The van der Waals surface area contributed by atoms with E-state index in [1.807, 2.05) is 18.2 Å². The van der Waals surface area contributed by atoms with Crippen LogP contribution in [0.5, 0.6) is 5.75 Å². The molecular formula is C9H9IO. The van der Waals surface area contributed by atoms with Crippen molar-refractivity contribution < 1.29 is 4.74 Å². The molecule has 1 nitrogen and oxygen atoms in total. The third-order valence-electron chi connectivity index (χ3n) is 1.42. The molecule has 0 spiro atoms. The Labute approximate surface area is 80.2 Å². The van der Waals surface area contributed by atoms with E-state index in [0.717, 1.165) is 11.3 Å². The lowest BCUT2D eigenvalue weighted by Crippen LogP contribution is -1.86. The zero-order valence-corrected chi connectivity index (χ0v) is 8.46.